The molecule has 0 saturated heterocycles. The Morgan fingerprint density at radius 2 is 2.12 bits per heavy atom. The molecule has 0 saturated carbocycles. The van der Waals surface area contributed by atoms with Crippen LogP contribution in [0.1, 0.15) is 48.8 Å². The summed E-state index contributed by atoms with van der Waals surface area (Å²) in [7, 11) is 0. The number of ether oxygens (including phenoxy) is 1. The third-order valence-corrected chi connectivity index (χ3v) is 4.70. The molecule has 0 spiro atoms. The Balaban J connectivity index is 1.71. The zero-order valence-electron chi connectivity index (χ0n) is 15.5. The van der Waals surface area contributed by atoms with Crippen LogP contribution in [0.25, 0.3) is 0 Å². The summed E-state index contributed by atoms with van der Waals surface area (Å²) in [6, 6.07) is 7.94. The number of carbonyl (C=O) groups is 1. The summed E-state index contributed by atoms with van der Waals surface area (Å²) in [5.41, 5.74) is 4.14. The molecule has 5 nitrogen and oxygen atoms in total. The third-order valence-electron chi connectivity index (χ3n) is 4.70. The molecule has 25 heavy (non-hydrogen) atoms. The molecule has 5 heteroatoms. The summed E-state index contributed by atoms with van der Waals surface area (Å²) >= 11 is 0. The van der Waals surface area contributed by atoms with E-state index in [1.54, 1.807) is 0 Å². The van der Waals surface area contributed by atoms with Gasteiger partial charge in [-0.2, -0.15) is 5.10 Å². The highest BCUT2D eigenvalue weighted by Gasteiger charge is 2.23. The first kappa shape index (κ1) is 17.5. The molecule has 3 rings (SSSR count). The number of nitrogens with zero attached hydrogens (tertiary/aromatic N) is 2. The first-order valence-corrected chi connectivity index (χ1v) is 8.99. The minimum atomic E-state index is 0.0174. The Bertz CT molecular complexity index is 764. The van der Waals surface area contributed by atoms with E-state index < -0.39 is 0 Å². The Kier molecular flexibility index (Phi) is 5.11. The largest absolute Gasteiger partial charge is 0.493 e. The summed E-state index contributed by atoms with van der Waals surface area (Å²) in [6.07, 6.45) is 1.17. The van der Waals surface area contributed by atoms with Crippen LogP contribution >= 0.6 is 0 Å². The quantitative estimate of drug-likeness (QED) is 0.907. The summed E-state index contributed by atoms with van der Waals surface area (Å²) in [5.74, 6) is 1.44. The van der Waals surface area contributed by atoms with Crippen molar-refractivity contribution in [3.8, 4) is 5.75 Å². The lowest BCUT2D eigenvalue weighted by Crippen LogP contribution is -2.33. The van der Waals surface area contributed by atoms with Gasteiger partial charge in [0, 0.05) is 29.8 Å². The van der Waals surface area contributed by atoms with Gasteiger partial charge in [-0.05, 0) is 25.8 Å². The topological polar surface area (TPSA) is 56.2 Å². The second-order valence-electron chi connectivity index (χ2n) is 7.20. The fourth-order valence-electron chi connectivity index (χ4n) is 3.41. The third kappa shape index (κ3) is 3.86. The van der Waals surface area contributed by atoms with Crippen LogP contribution in [0.3, 0.4) is 0 Å². The minimum Gasteiger partial charge on any atom is -0.493 e. The lowest BCUT2D eigenvalue weighted by molar-refractivity contribution is -0.121. The van der Waals surface area contributed by atoms with Crippen LogP contribution in [0.2, 0.25) is 0 Å². The van der Waals surface area contributed by atoms with Gasteiger partial charge in [0.1, 0.15) is 5.75 Å². The zero-order chi connectivity index (χ0) is 18.0. The van der Waals surface area contributed by atoms with E-state index >= 15 is 0 Å². The fourth-order valence-corrected chi connectivity index (χ4v) is 3.41. The van der Waals surface area contributed by atoms with Crippen LogP contribution < -0.4 is 10.1 Å². The van der Waals surface area contributed by atoms with Gasteiger partial charge in [-0.15, -0.1) is 0 Å². The molecule has 0 fully saturated rings. The molecule has 0 radical (unpaired) electrons. The molecule has 0 aliphatic carbocycles. The average molecular weight is 341 g/mol. The Morgan fingerprint density at radius 1 is 1.36 bits per heavy atom. The lowest BCUT2D eigenvalue weighted by Gasteiger charge is -2.26. The van der Waals surface area contributed by atoms with E-state index in [0.717, 1.165) is 41.2 Å². The van der Waals surface area contributed by atoms with E-state index in [-0.39, 0.29) is 11.9 Å². The Morgan fingerprint density at radius 3 is 2.88 bits per heavy atom. The van der Waals surface area contributed by atoms with Crippen LogP contribution in [0, 0.1) is 19.8 Å². The molecule has 1 aromatic heterocycles. The highest BCUT2D eigenvalue weighted by molar-refractivity contribution is 5.79. The maximum absolute atomic E-state index is 12.6. The molecular weight excluding hydrogens is 314 g/mol. The minimum absolute atomic E-state index is 0.0174. The second-order valence-corrected chi connectivity index (χ2v) is 7.20. The van der Waals surface area contributed by atoms with Crippen LogP contribution in [0.15, 0.2) is 24.3 Å². The van der Waals surface area contributed by atoms with Gasteiger partial charge < -0.3 is 10.1 Å². The number of carbonyl (C=O) groups excluding carboxylic acids is 1. The smallest absolute Gasteiger partial charge is 0.225 e. The van der Waals surface area contributed by atoms with Gasteiger partial charge in [0.25, 0.3) is 0 Å². The second kappa shape index (κ2) is 7.30. The van der Waals surface area contributed by atoms with Gasteiger partial charge in [-0.1, -0.05) is 32.0 Å². The van der Waals surface area contributed by atoms with Crippen LogP contribution in [0.4, 0.5) is 0 Å². The van der Waals surface area contributed by atoms with Crippen molar-refractivity contribution in [3.05, 3.63) is 46.8 Å². The van der Waals surface area contributed by atoms with Gasteiger partial charge in [0.15, 0.2) is 0 Å². The zero-order valence-corrected chi connectivity index (χ0v) is 15.5. The molecule has 1 N–H and O–H groups in total. The van der Waals surface area contributed by atoms with Crippen LogP contribution in [-0.4, -0.2) is 22.3 Å². The summed E-state index contributed by atoms with van der Waals surface area (Å²) in [4.78, 5) is 12.6. The fraction of sp³-hybridized carbons (Fsp3) is 0.500. The van der Waals surface area contributed by atoms with Crippen molar-refractivity contribution in [2.24, 2.45) is 5.92 Å². The van der Waals surface area contributed by atoms with E-state index in [2.05, 4.69) is 31.2 Å². The molecule has 0 bridgehead atoms. The van der Waals surface area contributed by atoms with Crippen LogP contribution in [-0.2, 0) is 17.8 Å². The molecule has 1 aromatic carbocycles. The van der Waals surface area contributed by atoms with Crippen LogP contribution in [0.5, 0.6) is 5.75 Å². The molecular formula is C20H27N3O2. The summed E-state index contributed by atoms with van der Waals surface area (Å²) < 4.78 is 7.69. The van der Waals surface area contributed by atoms with E-state index in [0.29, 0.717) is 18.9 Å². The maximum atomic E-state index is 12.6. The molecule has 2 aromatic rings. The van der Waals surface area contributed by atoms with Gasteiger partial charge >= 0.3 is 0 Å². The van der Waals surface area contributed by atoms with E-state index in [9.17, 15) is 4.79 Å². The van der Waals surface area contributed by atoms with Gasteiger partial charge in [0.05, 0.1) is 24.8 Å². The number of amides is 1. The van der Waals surface area contributed by atoms with Crippen molar-refractivity contribution >= 4 is 5.91 Å². The number of nitrogens with one attached hydrogen (secondary N) is 1. The van der Waals surface area contributed by atoms with Gasteiger partial charge in [-0.3, -0.25) is 9.48 Å². The number of hydrogen-bond donors (Lipinski definition) is 1. The van der Waals surface area contributed by atoms with Gasteiger partial charge in [0.2, 0.25) is 5.91 Å². The van der Waals surface area contributed by atoms with Crippen molar-refractivity contribution in [2.75, 3.05) is 6.61 Å². The number of fused-ring (bicyclic) bond motifs is 1. The van der Waals surface area contributed by atoms with Crippen molar-refractivity contribution in [1.29, 1.82) is 0 Å². The highest BCUT2D eigenvalue weighted by atomic mass is 16.5. The van der Waals surface area contributed by atoms with Crippen molar-refractivity contribution in [3.63, 3.8) is 0 Å². The monoisotopic (exact) mass is 341 g/mol. The molecule has 134 valence electrons. The first-order chi connectivity index (χ1) is 12.0. The number of benzene rings is 1. The number of para-hydroxylation sites is 1. The molecule has 1 aliphatic heterocycles. The normalized spacial score (nSPS) is 16.4. The Hall–Kier alpha value is -2.30. The number of aromatic nitrogens is 2. The summed E-state index contributed by atoms with van der Waals surface area (Å²) in [5, 5.41) is 7.77. The van der Waals surface area contributed by atoms with E-state index in [1.165, 1.54) is 0 Å². The molecule has 1 aliphatic rings. The van der Waals surface area contributed by atoms with E-state index in [1.807, 2.05) is 35.9 Å². The van der Waals surface area contributed by atoms with Crippen molar-refractivity contribution < 1.29 is 9.53 Å². The van der Waals surface area contributed by atoms with Gasteiger partial charge in [-0.25, -0.2) is 0 Å². The van der Waals surface area contributed by atoms with Crippen molar-refractivity contribution in [1.82, 2.24) is 15.1 Å². The highest BCUT2D eigenvalue weighted by Crippen LogP contribution is 2.31. The van der Waals surface area contributed by atoms with E-state index in [4.69, 9.17) is 4.74 Å². The van der Waals surface area contributed by atoms with Crippen molar-refractivity contribution in [2.45, 2.75) is 53.1 Å². The molecule has 2 heterocycles. The number of rotatable bonds is 5. The predicted octanol–water partition coefficient (Wildman–Crippen LogP) is 3.34. The Labute approximate surface area is 149 Å². The number of hydrogen-bond acceptors (Lipinski definition) is 3. The molecule has 1 atom stereocenters. The SMILES string of the molecule is Cc1nn(CC(C)C)c(C)c1CC(=O)N[C@H]1CCOc2ccccc21. The first-order valence-electron chi connectivity index (χ1n) is 8.99. The summed E-state index contributed by atoms with van der Waals surface area (Å²) in [6.45, 7) is 9.88. The molecule has 1 amide bonds. The predicted molar refractivity (Wildman–Crippen MR) is 97.7 cm³/mol. The lowest BCUT2D eigenvalue weighted by atomic mass is 10.00. The maximum Gasteiger partial charge on any atom is 0.225 e. The standard InChI is InChI=1S/C20H27N3O2/c1-13(2)12-23-15(4)17(14(3)22-23)11-20(24)21-18-9-10-25-19-8-6-5-7-16(18)19/h5-8,13,18H,9-12H2,1-4H3,(H,21,24)/t18-/m0/s1. The average Bonchev–Trinajstić information content (AvgIpc) is 2.82. The molecule has 0 unspecified atom stereocenters. The number of aryl methyl sites for hydroxylation is 1.